The summed E-state index contributed by atoms with van der Waals surface area (Å²) in [4.78, 5) is 24.2. The van der Waals surface area contributed by atoms with Crippen LogP contribution in [0.3, 0.4) is 0 Å². The number of aliphatic carboxylic acids is 1. The summed E-state index contributed by atoms with van der Waals surface area (Å²) in [7, 11) is -0.984. The van der Waals surface area contributed by atoms with Crippen molar-refractivity contribution in [3.8, 4) is 0 Å². The molecule has 0 spiro atoms. The molecule has 1 aromatic rings. The molecule has 0 aliphatic heterocycles. The van der Waals surface area contributed by atoms with Gasteiger partial charge in [-0.3, -0.25) is 0 Å². The molecular weight excluding hydrogens is 291 g/mol. The van der Waals surface area contributed by atoms with Crippen LogP contribution in [0.4, 0.5) is 0 Å². The van der Waals surface area contributed by atoms with Gasteiger partial charge in [0.2, 0.25) is 0 Å². The second-order valence-electron chi connectivity index (χ2n) is 4.07. The molecule has 0 aliphatic carbocycles. The van der Waals surface area contributed by atoms with Crippen molar-refractivity contribution in [1.29, 1.82) is 0 Å². The van der Waals surface area contributed by atoms with E-state index in [9.17, 15) is 19.4 Å². The Morgan fingerprint density at radius 1 is 1.47 bits per heavy atom. The van der Waals surface area contributed by atoms with Gasteiger partial charge in [-0.15, -0.1) is 0 Å². The fourth-order valence-electron chi connectivity index (χ4n) is 1.50. The van der Waals surface area contributed by atoms with Crippen LogP contribution in [0.15, 0.2) is 22.8 Å². The third-order valence-electron chi connectivity index (χ3n) is 2.20. The minimum Gasteiger partial charge on any atom is -0.798 e. The molecule has 0 saturated heterocycles. The van der Waals surface area contributed by atoms with Crippen LogP contribution in [0.1, 0.15) is 5.76 Å². The van der Waals surface area contributed by atoms with Gasteiger partial charge in [0.15, 0.2) is 0 Å². The monoisotopic (exact) mass is 305 g/mol. The minimum absolute atomic E-state index is 0. The zero-order valence-corrected chi connectivity index (χ0v) is 16.6. The maximum Gasteiger partial charge on any atom is 1.00 e. The van der Waals surface area contributed by atoms with Gasteiger partial charge in [0.1, 0.15) is 5.76 Å². The molecule has 0 bridgehead atoms. The number of furan rings is 1. The van der Waals surface area contributed by atoms with Gasteiger partial charge in [-0.05, 0) is 26.2 Å². The summed E-state index contributed by atoms with van der Waals surface area (Å²) in [6, 6.07) is 3.11. The molecule has 0 amide bonds. The van der Waals surface area contributed by atoms with Crippen LogP contribution < -0.4 is 69.1 Å². The molecule has 6 nitrogen and oxygen atoms in total. The number of rotatable bonds is 6. The normalized spacial score (nSPS) is 14.9. The van der Waals surface area contributed by atoms with Crippen molar-refractivity contribution in [3.05, 3.63) is 24.2 Å². The zero-order valence-electron chi connectivity index (χ0n) is 11.7. The number of nitrogens with zero attached hydrogens (tertiary/aromatic N) is 1. The molecule has 2 unspecified atom stereocenters. The summed E-state index contributed by atoms with van der Waals surface area (Å²) < 4.78 is 16.8. The Hall–Kier alpha value is 0.900. The molecular formula is C10H14NNa2O5P. The van der Waals surface area contributed by atoms with Gasteiger partial charge >= 0.3 is 59.1 Å². The van der Waals surface area contributed by atoms with Crippen molar-refractivity contribution in [2.75, 3.05) is 20.4 Å². The number of hydrogen-bond donors (Lipinski definition) is 0. The first-order valence-corrected chi connectivity index (χ1v) is 6.88. The van der Waals surface area contributed by atoms with E-state index in [-0.39, 0.29) is 71.8 Å². The molecule has 0 aliphatic rings. The maximum absolute atomic E-state index is 11.8. The predicted molar refractivity (Wildman–Crippen MR) is 57.4 cm³/mol. The van der Waals surface area contributed by atoms with Gasteiger partial charge < -0.3 is 28.7 Å². The second-order valence-corrected chi connectivity index (χ2v) is 6.42. The van der Waals surface area contributed by atoms with Crippen molar-refractivity contribution >= 4 is 13.3 Å². The molecule has 0 saturated carbocycles. The molecule has 9 heteroatoms. The van der Waals surface area contributed by atoms with Crippen molar-refractivity contribution in [2.24, 2.45) is 0 Å². The van der Waals surface area contributed by atoms with E-state index in [1.165, 1.54) is 17.2 Å². The summed E-state index contributed by atoms with van der Waals surface area (Å²) in [5.74, 6) is -1.28. The van der Waals surface area contributed by atoms with Crippen molar-refractivity contribution in [2.45, 2.75) is 12.1 Å². The number of carboxylic acids is 1. The molecule has 1 aromatic heterocycles. The Bertz CT molecular complexity index is 424. The smallest absolute Gasteiger partial charge is 0.798 e. The fourth-order valence-corrected chi connectivity index (χ4v) is 3.26. The van der Waals surface area contributed by atoms with E-state index in [4.69, 9.17) is 4.42 Å². The SMILES string of the molecule is CN(C)CP(=O)([O-])C(Cc1ccco1)C(=O)[O-].[Na+].[Na+]. The largest absolute Gasteiger partial charge is 1.00 e. The first-order chi connectivity index (χ1) is 7.83. The van der Waals surface area contributed by atoms with E-state index < -0.39 is 19.0 Å². The van der Waals surface area contributed by atoms with Crippen LogP contribution >= 0.6 is 7.37 Å². The standard InChI is InChI=1S/C10H16NO5P.2Na/c1-11(2)7-17(14,15)9(10(12)13)6-8-4-3-5-16-8;;/h3-5,9H,6-7H2,1-2H3,(H,12,13)(H,14,15);;/q;2*+1/p-2. The van der Waals surface area contributed by atoms with Gasteiger partial charge in [0.25, 0.3) is 0 Å². The molecule has 0 fully saturated rings. The number of hydrogen-bond acceptors (Lipinski definition) is 6. The molecule has 2 atom stereocenters. The van der Waals surface area contributed by atoms with E-state index in [1.54, 1.807) is 20.2 Å². The van der Waals surface area contributed by atoms with E-state index in [1.807, 2.05) is 0 Å². The van der Waals surface area contributed by atoms with Crippen molar-refractivity contribution in [3.63, 3.8) is 0 Å². The third kappa shape index (κ3) is 7.46. The first-order valence-electron chi connectivity index (χ1n) is 5.00. The van der Waals surface area contributed by atoms with Crippen LogP contribution in [-0.2, 0) is 15.8 Å². The molecule has 0 radical (unpaired) electrons. The van der Waals surface area contributed by atoms with Crippen molar-refractivity contribution in [1.82, 2.24) is 4.90 Å². The summed E-state index contributed by atoms with van der Waals surface area (Å²) in [5, 5.41) is 10.9. The van der Waals surface area contributed by atoms with Crippen LogP contribution in [0.5, 0.6) is 0 Å². The van der Waals surface area contributed by atoms with Crippen LogP contribution in [-0.4, -0.2) is 36.9 Å². The first kappa shape index (κ1) is 22.2. The Morgan fingerprint density at radius 3 is 2.42 bits per heavy atom. The van der Waals surface area contributed by atoms with Gasteiger partial charge in [-0.25, -0.2) is 0 Å². The molecule has 0 N–H and O–H groups in total. The van der Waals surface area contributed by atoms with E-state index in [0.717, 1.165) is 0 Å². The van der Waals surface area contributed by atoms with E-state index in [2.05, 4.69) is 0 Å². The van der Waals surface area contributed by atoms with Gasteiger partial charge in [0.05, 0.1) is 12.2 Å². The Labute approximate surface area is 156 Å². The van der Waals surface area contributed by atoms with E-state index in [0.29, 0.717) is 5.76 Å². The van der Waals surface area contributed by atoms with Gasteiger partial charge in [-0.1, -0.05) is 0 Å². The molecule has 96 valence electrons. The summed E-state index contributed by atoms with van der Waals surface area (Å²) in [6.07, 6.45) is 0.847. The Kier molecular flexibility index (Phi) is 11.4. The van der Waals surface area contributed by atoms with Crippen LogP contribution in [0, 0.1) is 0 Å². The van der Waals surface area contributed by atoms with Crippen LogP contribution in [0.25, 0.3) is 0 Å². The summed E-state index contributed by atoms with van der Waals surface area (Å²) in [5.41, 5.74) is -1.56. The quantitative estimate of drug-likeness (QED) is 0.383. The molecule has 19 heavy (non-hydrogen) atoms. The Balaban J connectivity index is 0. The molecule has 1 heterocycles. The summed E-state index contributed by atoms with van der Waals surface area (Å²) in [6.45, 7) is 0. The number of carbonyl (C=O) groups is 1. The van der Waals surface area contributed by atoms with Gasteiger partial charge in [-0.2, -0.15) is 0 Å². The average molecular weight is 305 g/mol. The topological polar surface area (TPSA) is 96.6 Å². The van der Waals surface area contributed by atoms with Crippen LogP contribution in [0.2, 0.25) is 0 Å². The molecule has 1 rings (SSSR count). The zero-order chi connectivity index (χ0) is 13.1. The number of carbonyl (C=O) groups excluding carboxylic acids is 1. The van der Waals surface area contributed by atoms with Gasteiger partial charge in [0, 0.05) is 25.7 Å². The predicted octanol–water partition coefficient (Wildman–Crippen LogP) is -6.89. The average Bonchev–Trinajstić information content (AvgIpc) is 2.63. The molecule has 0 aromatic carbocycles. The minimum atomic E-state index is -4.10. The number of carboxylic acid groups (broad SMARTS) is 1. The third-order valence-corrected chi connectivity index (χ3v) is 4.50. The second kappa shape index (κ2) is 9.77. The summed E-state index contributed by atoms with van der Waals surface area (Å²) >= 11 is 0. The van der Waals surface area contributed by atoms with E-state index >= 15 is 0 Å². The van der Waals surface area contributed by atoms with Crippen molar-refractivity contribution < 1.29 is 82.9 Å². The Morgan fingerprint density at radius 2 is 2.05 bits per heavy atom. The fraction of sp³-hybridized carbons (Fsp3) is 0.500. The maximum atomic E-state index is 11.8.